The van der Waals surface area contributed by atoms with Crippen LogP contribution in [-0.4, -0.2) is 39.3 Å². The van der Waals surface area contributed by atoms with Gasteiger partial charge in [-0.15, -0.1) is 0 Å². The molecule has 0 fully saturated rings. The number of hydrogen-bond acceptors (Lipinski definition) is 5. The minimum atomic E-state index is -4.72. The van der Waals surface area contributed by atoms with Crippen LogP contribution in [0, 0.1) is 0 Å². The van der Waals surface area contributed by atoms with Gasteiger partial charge in [0.25, 0.3) is 10.0 Å². The van der Waals surface area contributed by atoms with E-state index >= 15 is 0 Å². The molecule has 11 heteroatoms. The third kappa shape index (κ3) is 5.25. The molecule has 0 aromatic heterocycles. The van der Waals surface area contributed by atoms with Crippen molar-refractivity contribution in [3.8, 4) is 22.6 Å². The molecular formula is C25H22F3NO6S. The fraction of sp³-hybridized carbons (Fsp3) is 0.240. The first kappa shape index (κ1) is 25.4. The zero-order valence-corrected chi connectivity index (χ0v) is 19.8. The maximum atomic E-state index is 13.6. The van der Waals surface area contributed by atoms with Gasteiger partial charge in [0.2, 0.25) is 0 Å². The number of anilines is 1. The van der Waals surface area contributed by atoms with Crippen molar-refractivity contribution in [3.63, 3.8) is 0 Å². The summed E-state index contributed by atoms with van der Waals surface area (Å²) in [5.41, 5.74) is 0.398. The van der Waals surface area contributed by atoms with Crippen LogP contribution in [0.25, 0.3) is 11.1 Å². The van der Waals surface area contributed by atoms with E-state index in [1.807, 2.05) is 0 Å². The van der Waals surface area contributed by atoms with Crippen molar-refractivity contribution < 1.29 is 41.0 Å². The van der Waals surface area contributed by atoms with Crippen LogP contribution in [0.3, 0.4) is 0 Å². The number of halogens is 3. The highest BCUT2D eigenvalue weighted by molar-refractivity contribution is 7.92. The lowest BCUT2D eigenvalue weighted by molar-refractivity contribution is -0.138. The van der Waals surface area contributed by atoms with Crippen molar-refractivity contribution >= 4 is 21.7 Å². The normalized spacial score (nSPS) is 15.7. The van der Waals surface area contributed by atoms with Crippen LogP contribution in [0.2, 0.25) is 0 Å². The molecule has 3 aromatic carbocycles. The second kappa shape index (κ2) is 9.73. The third-order valence-electron chi connectivity index (χ3n) is 5.72. The fourth-order valence-electron chi connectivity index (χ4n) is 3.92. The van der Waals surface area contributed by atoms with Crippen LogP contribution >= 0.6 is 0 Å². The fourth-order valence-corrected chi connectivity index (χ4v) is 5.46. The molecule has 0 aliphatic carbocycles. The number of benzene rings is 3. The molecular weight excluding hydrogens is 499 g/mol. The predicted octanol–water partition coefficient (Wildman–Crippen LogP) is 5.20. The summed E-state index contributed by atoms with van der Waals surface area (Å²) in [5, 5.41) is 9.05. The summed E-state index contributed by atoms with van der Waals surface area (Å²) in [6.07, 6.45) is -5.78. The average molecular weight is 522 g/mol. The van der Waals surface area contributed by atoms with Gasteiger partial charge in [0.15, 0.2) is 0 Å². The van der Waals surface area contributed by atoms with Gasteiger partial charge >= 0.3 is 12.1 Å². The molecule has 0 bridgehead atoms. The number of carbonyl (C=O) groups is 1. The van der Waals surface area contributed by atoms with Crippen molar-refractivity contribution in [2.45, 2.75) is 30.0 Å². The monoisotopic (exact) mass is 521 g/mol. The second-order valence-electron chi connectivity index (χ2n) is 8.15. The molecule has 3 aromatic rings. The molecule has 1 atom stereocenters. The van der Waals surface area contributed by atoms with Crippen LogP contribution in [0.5, 0.6) is 11.5 Å². The summed E-state index contributed by atoms with van der Waals surface area (Å²) in [4.78, 5) is 10.5. The SMILES string of the molecule is COc1cccc(-c2ccc3c(c2)N(S(=O)(=O)c2cccc(C(F)(F)F)c2)C[C@H](CCC(=O)O)O3)c1. The summed E-state index contributed by atoms with van der Waals surface area (Å²) >= 11 is 0. The summed E-state index contributed by atoms with van der Waals surface area (Å²) in [6.45, 7) is -0.263. The van der Waals surface area contributed by atoms with Gasteiger partial charge in [-0.2, -0.15) is 13.2 Å². The highest BCUT2D eigenvalue weighted by Gasteiger charge is 2.37. The van der Waals surface area contributed by atoms with Gasteiger partial charge in [-0.3, -0.25) is 9.10 Å². The number of carboxylic acids is 1. The number of rotatable bonds is 7. The van der Waals surface area contributed by atoms with Crippen LogP contribution in [0.4, 0.5) is 18.9 Å². The van der Waals surface area contributed by atoms with E-state index in [1.165, 1.54) is 7.11 Å². The Bertz CT molecular complexity index is 1390. The van der Waals surface area contributed by atoms with E-state index in [1.54, 1.807) is 42.5 Å². The van der Waals surface area contributed by atoms with Gasteiger partial charge in [0.05, 0.1) is 29.8 Å². The molecule has 4 rings (SSSR count). The largest absolute Gasteiger partial charge is 0.497 e. The molecule has 1 aliphatic heterocycles. The summed E-state index contributed by atoms with van der Waals surface area (Å²) in [6, 6.07) is 15.4. The van der Waals surface area contributed by atoms with Crippen LogP contribution < -0.4 is 13.8 Å². The molecule has 1 N–H and O–H groups in total. The highest BCUT2D eigenvalue weighted by Crippen LogP contribution is 2.41. The number of methoxy groups -OCH3 is 1. The number of nitrogens with zero attached hydrogens (tertiary/aromatic N) is 1. The zero-order chi connectivity index (χ0) is 26.1. The first-order valence-electron chi connectivity index (χ1n) is 10.9. The molecule has 0 radical (unpaired) electrons. The molecule has 1 aliphatic rings. The topological polar surface area (TPSA) is 93.1 Å². The Balaban J connectivity index is 1.81. The smallest absolute Gasteiger partial charge is 0.416 e. The Morgan fingerprint density at radius 2 is 1.81 bits per heavy atom. The molecule has 0 unspecified atom stereocenters. The number of ether oxygens (including phenoxy) is 2. The van der Waals surface area contributed by atoms with Crippen molar-refractivity contribution in [1.82, 2.24) is 0 Å². The maximum Gasteiger partial charge on any atom is 0.416 e. The highest BCUT2D eigenvalue weighted by atomic mass is 32.2. The molecule has 0 amide bonds. The molecule has 36 heavy (non-hydrogen) atoms. The molecule has 7 nitrogen and oxygen atoms in total. The van der Waals surface area contributed by atoms with E-state index in [0.29, 0.717) is 17.4 Å². The van der Waals surface area contributed by atoms with Crippen molar-refractivity contribution in [2.75, 3.05) is 18.0 Å². The van der Waals surface area contributed by atoms with Crippen LogP contribution in [0.15, 0.2) is 71.6 Å². The number of carboxylic acid groups (broad SMARTS) is 1. The van der Waals surface area contributed by atoms with Gasteiger partial charge in [-0.05, 0) is 60.0 Å². The number of hydrogen-bond donors (Lipinski definition) is 1. The lowest BCUT2D eigenvalue weighted by Crippen LogP contribution is -2.43. The Kier molecular flexibility index (Phi) is 6.85. The molecule has 0 spiro atoms. The van der Waals surface area contributed by atoms with Gasteiger partial charge in [0.1, 0.15) is 17.6 Å². The molecule has 0 saturated carbocycles. The van der Waals surface area contributed by atoms with Crippen molar-refractivity contribution in [2.24, 2.45) is 0 Å². The standard InChI is InChI=1S/C25H22F3NO6S/c1-34-19-6-2-4-16(12-19)17-8-10-23-22(13-17)29(15-20(35-23)9-11-24(30)31)36(32,33)21-7-3-5-18(14-21)25(26,27)28/h2-8,10,12-14,20H,9,11,15H2,1H3,(H,30,31)/t20-/m0/s1. The predicted molar refractivity (Wildman–Crippen MR) is 126 cm³/mol. The number of fused-ring (bicyclic) bond motifs is 1. The number of sulfonamides is 1. The van der Waals surface area contributed by atoms with Crippen LogP contribution in [-0.2, 0) is 21.0 Å². The Labute approximate surface area is 205 Å². The molecule has 0 saturated heterocycles. The Morgan fingerprint density at radius 3 is 2.50 bits per heavy atom. The summed E-state index contributed by atoms with van der Waals surface area (Å²) in [7, 11) is -2.95. The van der Waals surface area contributed by atoms with Gasteiger partial charge < -0.3 is 14.6 Å². The lowest BCUT2D eigenvalue weighted by atomic mass is 10.0. The van der Waals surface area contributed by atoms with Crippen LogP contribution in [0.1, 0.15) is 18.4 Å². The number of alkyl halides is 3. The minimum absolute atomic E-state index is 0.0149. The van der Waals surface area contributed by atoms with Gasteiger partial charge in [-0.25, -0.2) is 8.42 Å². The summed E-state index contributed by atoms with van der Waals surface area (Å²) in [5.74, 6) is -0.312. The molecule has 190 valence electrons. The van der Waals surface area contributed by atoms with Crippen molar-refractivity contribution in [3.05, 3.63) is 72.3 Å². The Morgan fingerprint density at radius 1 is 1.08 bits per heavy atom. The molecule has 1 heterocycles. The van der Waals surface area contributed by atoms with Gasteiger partial charge in [-0.1, -0.05) is 24.3 Å². The van der Waals surface area contributed by atoms with E-state index < -0.39 is 38.7 Å². The maximum absolute atomic E-state index is 13.6. The summed E-state index contributed by atoms with van der Waals surface area (Å²) < 4.78 is 79.2. The zero-order valence-electron chi connectivity index (χ0n) is 19.0. The van der Waals surface area contributed by atoms with E-state index in [4.69, 9.17) is 14.6 Å². The van der Waals surface area contributed by atoms with Crippen molar-refractivity contribution in [1.29, 1.82) is 0 Å². The first-order chi connectivity index (χ1) is 17.0. The Hall–Kier alpha value is -3.73. The lowest BCUT2D eigenvalue weighted by Gasteiger charge is -2.36. The quantitative estimate of drug-likeness (QED) is 0.459. The number of aliphatic carboxylic acids is 1. The average Bonchev–Trinajstić information content (AvgIpc) is 2.86. The minimum Gasteiger partial charge on any atom is -0.497 e. The third-order valence-corrected chi connectivity index (χ3v) is 7.50. The van der Waals surface area contributed by atoms with E-state index in [9.17, 15) is 26.4 Å². The van der Waals surface area contributed by atoms with E-state index in [2.05, 4.69) is 0 Å². The first-order valence-corrected chi connectivity index (χ1v) is 12.3. The van der Waals surface area contributed by atoms with Gasteiger partial charge in [0, 0.05) is 6.42 Å². The van der Waals surface area contributed by atoms with E-state index in [0.717, 1.165) is 28.1 Å². The van der Waals surface area contributed by atoms with E-state index in [-0.39, 0.29) is 30.8 Å². The second-order valence-corrected chi connectivity index (χ2v) is 10.0.